The van der Waals surface area contributed by atoms with Crippen LogP contribution in [0, 0.1) is 5.82 Å². The second kappa shape index (κ2) is 5.10. The highest BCUT2D eigenvalue weighted by molar-refractivity contribution is 6.31. The van der Waals surface area contributed by atoms with Crippen LogP contribution in [0.1, 0.15) is 15.9 Å². The van der Waals surface area contributed by atoms with Crippen molar-refractivity contribution in [1.82, 2.24) is 0 Å². The minimum atomic E-state index is -0.519. The number of hydrogen-bond donors (Lipinski definition) is 0. The van der Waals surface area contributed by atoms with Crippen LogP contribution in [0.5, 0.6) is 0 Å². The lowest BCUT2D eigenvalue weighted by Gasteiger charge is -2.03. The summed E-state index contributed by atoms with van der Waals surface area (Å²) >= 11 is 5.87. The first kappa shape index (κ1) is 12.9. The number of furan rings is 1. The summed E-state index contributed by atoms with van der Waals surface area (Å²) in [6.45, 7) is 0. The molecular formula is C16H10ClFO2. The molecule has 0 unspecified atom stereocenters. The van der Waals surface area contributed by atoms with Crippen molar-refractivity contribution in [2.24, 2.45) is 0 Å². The zero-order valence-corrected chi connectivity index (χ0v) is 11.2. The molecule has 20 heavy (non-hydrogen) atoms. The molecule has 0 fully saturated rings. The average molecular weight is 289 g/mol. The fourth-order valence-corrected chi connectivity index (χ4v) is 2.34. The van der Waals surface area contributed by atoms with Gasteiger partial charge in [-0.2, -0.15) is 0 Å². The van der Waals surface area contributed by atoms with E-state index in [9.17, 15) is 9.18 Å². The van der Waals surface area contributed by atoms with Gasteiger partial charge in [0, 0.05) is 11.8 Å². The number of rotatable bonds is 3. The van der Waals surface area contributed by atoms with Crippen molar-refractivity contribution < 1.29 is 13.6 Å². The van der Waals surface area contributed by atoms with E-state index in [-0.39, 0.29) is 17.2 Å². The Morgan fingerprint density at radius 3 is 2.80 bits per heavy atom. The number of halogens is 2. The normalized spacial score (nSPS) is 10.9. The van der Waals surface area contributed by atoms with Crippen LogP contribution < -0.4 is 0 Å². The molecule has 0 saturated carbocycles. The third kappa shape index (κ3) is 2.21. The Kier molecular flexibility index (Phi) is 3.28. The minimum absolute atomic E-state index is 0.00588. The van der Waals surface area contributed by atoms with Crippen molar-refractivity contribution >= 4 is 28.4 Å². The smallest absolute Gasteiger partial charge is 0.171 e. The molecule has 0 amide bonds. The predicted molar refractivity (Wildman–Crippen MR) is 75.7 cm³/mol. The Morgan fingerprint density at radius 1 is 1.15 bits per heavy atom. The molecule has 0 radical (unpaired) electrons. The molecule has 3 rings (SSSR count). The molecule has 0 atom stereocenters. The summed E-state index contributed by atoms with van der Waals surface area (Å²) in [6.07, 6.45) is 1.47. The van der Waals surface area contributed by atoms with Crippen LogP contribution in [0.15, 0.2) is 53.1 Å². The van der Waals surface area contributed by atoms with Crippen LogP contribution in [-0.4, -0.2) is 5.78 Å². The van der Waals surface area contributed by atoms with Gasteiger partial charge in [0.25, 0.3) is 0 Å². The van der Waals surface area contributed by atoms with Crippen molar-refractivity contribution in [3.63, 3.8) is 0 Å². The zero-order chi connectivity index (χ0) is 14.1. The molecule has 100 valence electrons. The van der Waals surface area contributed by atoms with Gasteiger partial charge >= 0.3 is 0 Å². The molecule has 3 aromatic rings. The Labute approximate surface area is 119 Å². The Hall–Kier alpha value is -2.13. The number of para-hydroxylation sites is 1. The lowest BCUT2D eigenvalue weighted by Crippen LogP contribution is -2.03. The van der Waals surface area contributed by atoms with Gasteiger partial charge in [0.05, 0.1) is 10.6 Å². The van der Waals surface area contributed by atoms with Crippen molar-refractivity contribution in [1.29, 1.82) is 0 Å². The van der Waals surface area contributed by atoms with E-state index in [0.717, 1.165) is 5.39 Å². The lowest BCUT2D eigenvalue weighted by molar-refractivity contribution is 0.0993. The summed E-state index contributed by atoms with van der Waals surface area (Å²) in [5, 5.41) is 0.749. The van der Waals surface area contributed by atoms with Gasteiger partial charge in [-0.05, 0) is 17.7 Å². The summed E-state index contributed by atoms with van der Waals surface area (Å²) in [7, 11) is 0. The van der Waals surface area contributed by atoms with Gasteiger partial charge in [0.15, 0.2) is 5.78 Å². The number of Topliss-reactive ketones (excluding diaryl/α,β-unsaturated/α-hetero) is 1. The van der Waals surface area contributed by atoms with Gasteiger partial charge in [-0.25, -0.2) is 4.39 Å². The molecule has 1 aromatic heterocycles. The molecule has 2 aromatic carbocycles. The zero-order valence-electron chi connectivity index (χ0n) is 10.4. The van der Waals surface area contributed by atoms with E-state index in [1.165, 1.54) is 18.4 Å². The lowest BCUT2D eigenvalue weighted by atomic mass is 10.0. The Bertz CT molecular complexity index is 792. The highest BCUT2D eigenvalue weighted by Crippen LogP contribution is 2.25. The van der Waals surface area contributed by atoms with E-state index in [2.05, 4.69) is 0 Å². The SMILES string of the molecule is O=C(Cc1cccc(F)c1Cl)c1coc2ccccc12. The molecule has 4 heteroatoms. The highest BCUT2D eigenvalue weighted by Gasteiger charge is 2.16. The van der Waals surface area contributed by atoms with Crippen LogP contribution in [0.3, 0.4) is 0 Å². The van der Waals surface area contributed by atoms with Crippen LogP contribution >= 0.6 is 11.6 Å². The molecule has 0 N–H and O–H groups in total. The maximum atomic E-state index is 13.4. The molecule has 0 spiro atoms. The van der Waals surface area contributed by atoms with Crippen molar-refractivity contribution in [2.75, 3.05) is 0 Å². The standard InChI is InChI=1S/C16H10ClFO2/c17-16-10(4-3-6-13(16)18)8-14(19)12-9-20-15-7-2-1-5-11(12)15/h1-7,9H,8H2. The minimum Gasteiger partial charge on any atom is -0.464 e. The fourth-order valence-electron chi connectivity index (χ4n) is 2.15. The van der Waals surface area contributed by atoms with Crippen LogP contribution in [0.4, 0.5) is 4.39 Å². The Balaban J connectivity index is 1.95. The van der Waals surface area contributed by atoms with Crippen molar-refractivity contribution in [3.05, 3.63) is 70.7 Å². The largest absolute Gasteiger partial charge is 0.464 e. The van der Waals surface area contributed by atoms with Gasteiger partial charge in [-0.3, -0.25) is 4.79 Å². The molecule has 1 heterocycles. The topological polar surface area (TPSA) is 30.2 Å². The first-order valence-corrected chi connectivity index (χ1v) is 6.47. The number of benzene rings is 2. The summed E-state index contributed by atoms with van der Waals surface area (Å²) in [4.78, 5) is 12.3. The van der Waals surface area contributed by atoms with Gasteiger partial charge in [-0.1, -0.05) is 41.9 Å². The van der Waals surface area contributed by atoms with Crippen LogP contribution in [-0.2, 0) is 6.42 Å². The van der Waals surface area contributed by atoms with E-state index in [1.54, 1.807) is 12.1 Å². The Morgan fingerprint density at radius 2 is 1.95 bits per heavy atom. The average Bonchev–Trinajstić information content (AvgIpc) is 2.88. The fraction of sp³-hybridized carbons (Fsp3) is 0.0625. The maximum absolute atomic E-state index is 13.4. The monoisotopic (exact) mass is 288 g/mol. The van der Waals surface area contributed by atoms with E-state index in [0.29, 0.717) is 16.7 Å². The van der Waals surface area contributed by atoms with Gasteiger partial charge in [-0.15, -0.1) is 0 Å². The van der Waals surface area contributed by atoms with E-state index in [1.807, 2.05) is 18.2 Å². The number of carbonyl (C=O) groups excluding carboxylic acids is 1. The molecule has 0 aliphatic rings. The molecular weight excluding hydrogens is 279 g/mol. The van der Waals surface area contributed by atoms with Crippen molar-refractivity contribution in [2.45, 2.75) is 6.42 Å². The van der Waals surface area contributed by atoms with Crippen molar-refractivity contribution in [3.8, 4) is 0 Å². The number of carbonyl (C=O) groups is 1. The highest BCUT2D eigenvalue weighted by atomic mass is 35.5. The molecule has 0 saturated heterocycles. The first-order valence-electron chi connectivity index (χ1n) is 6.09. The van der Waals surface area contributed by atoms with Crippen LogP contribution in [0.2, 0.25) is 5.02 Å². The predicted octanol–water partition coefficient (Wildman–Crippen LogP) is 4.65. The quantitative estimate of drug-likeness (QED) is 0.657. The molecule has 0 aliphatic heterocycles. The second-order valence-electron chi connectivity index (χ2n) is 4.46. The first-order chi connectivity index (χ1) is 9.66. The summed E-state index contributed by atoms with van der Waals surface area (Å²) in [5.74, 6) is -0.670. The number of fused-ring (bicyclic) bond motifs is 1. The number of hydrogen-bond acceptors (Lipinski definition) is 2. The third-order valence-corrected chi connectivity index (χ3v) is 3.59. The third-order valence-electron chi connectivity index (χ3n) is 3.16. The van der Waals surface area contributed by atoms with Gasteiger partial charge in [0.2, 0.25) is 0 Å². The summed E-state index contributed by atoms with van der Waals surface area (Å²) in [5.41, 5.74) is 1.61. The second-order valence-corrected chi connectivity index (χ2v) is 4.84. The summed E-state index contributed by atoms with van der Waals surface area (Å²) < 4.78 is 18.7. The maximum Gasteiger partial charge on any atom is 0.171 e. The number of ketones is 1. The van der Waals surface area contributed by atoms with E-state index >= 15 is 0 Å². The van der Waals surface area contributed by atoms with Gasteiger partial charge < -0.3 is 4.42 Å². The van der Waals surface area contributed by atoms with E-state index in [4.69, 9.17) is 16.0 Å². The van der Waals surface area contributed by atoms with E-state index < -0.39 is 5.82 Å². The molecule has 0 bridgehead atoms. The molecule has 0 aliphatic carbocycles. The van der Waals surface area contributed by atoms with Gasteiger partial charge in [0.1, 0.15) is 17.7 Å². The summed E-state index contributed by atoms with van der Waals surface area (Å²) in [6, 6.07) is 11.7. The molecule has 2 nitrogen and oxygen atoms in total. The van der Waals surface area contributed by atoms with Crippen LogP contribution in [0.25, 0.3) is 11.0 Å².